The maximum Gasteiger partial charge on any atom is 0.198 e. The van der Waals surface area contributed by atoms with Crippen LogP contribution in [0.3, 0.4) is 0 Å². The van der Waals surface area contributed by atoms with E-state index in [9.17, 15) is 4.79 Å². The number of benzene rings is 2. The van der Waals surface area contributed by atoms with Crippen molar-refractivity contribution >= 4 is 29.8 Å². The standard InChI is InChI=1S/C20H18N2OS2/c1-3-22-18(15-12-8-5-9-13-15)21-19(24)16(20(22)25-2)17(23)14-10-6-4-7-11-14/h4-13H,3H2,1-2H3. The van der Waals surface area contributed by atoms with Gasteiger partial charge in [0.2, 0.25) is 0 Å². The summed E-state index contributed by atoms with van der Waals surface area (Å²) >= 11 is 7.05. The van der Waals surface area contributed by atoms with Crippen LogP contribution in [-0.2, 0) is 6.54 Å². The molecule has 0 radical (unpaired) electrons. The molecule has 3 aromatic rings. The van der Waals surface area contributed by atoms with Crippen molar-refractivity contribution in [3.8, 4) is 11.4 Å². The molecule has 1 aromatic heterocycles. The third kappa shape index (κ3) is 3.43. The topological polar surface area (TPSA) is 34.9 Å². The minimum atomic E-state index is -0.0794. The van der Waals surface area contributed by atoms with E-state index < -0.39 is 0 Å². The van der Waals surface area contributed by atoms with E-state index in [1.165, 1.54) is 11.8 Å². The van der Waals surface area contributed by atoms with Crippen LogP contribution in [0.25, 0.3) is 11.4 Å². The lowest BCUT2D eigenvalue weighted by molar-refractivity contribution is 0.103. The molecule has 1 heterocycles. The summed E-state index contributed by atoms with van der Waals surface area (Å²) in [6, 6.07) is 19.2. The SMILES string of the molecule is CCn1c(-c2ccccc2)nc(=S)c(C(=O)c2ccccc2)c1SC. The smallest absolute Gasteiger partial charge is 0.198 e. The Balaban J connectivity index is 2.25. The zero-order chi connectivity index (χ0) is 17.8. The molecule has 0 aliphatic heterocycles. The zero-order valence-corrected chi connectivity index (χ0v) is 15.7. The predicted molar refractivity (Wildman–Crippen MR) is 106 cm³/mol. The molecule has 25 heavy (non-hydrogen) atoms. The molecule has 0 N–H and O–H groups in total. The van der Waals surface area contributed by atoms with Crippen LogP contribution in [0.15, 0.2) is 65.7 Å². The first-order valence-corrected chi connectivity index (χ1v) is 9.64. The van der Waals surface area contributed by atoms with Crippen molar-refractivity contribution in [2.24, 2.45) is 0 Å². The molecular formula is C20H18N2OS2. The van der Waals surface area contributed by atoms with Crippen LogP contribution >= 0.6 is 24.0 Å². The molecule has 0 saturated carbocycles. The van der Waals surface area contributed by atoms with Crippen LogP contribution in [0.2, 0.25) is 0 Å². The van der Waals surface area contributed by atoms with Crippen LogP contribution in [0.5, 0.6) is 0 Å². The van der Waals surface area contributed by atoms with Crippen molar-refractivity contribution in [2.45, 2.75) is 18.5 Å². The molecule has 0 fully saturated rings. The lowest BCUT2D eigenvalue weighted by atomic mass is 10.1. The summed E-state index contributed by atoms with van der Waals surface area (Å²) in [6.07, 6.45) is 1.97. The van der Waals surface area contributed by atoms with Crippen LogP contribution in [0.4, 0.5) is 0 Å². The Bertz CT molecular complexity index is 951. The summed E-state index contributed by atoms with van der Waals surface area (Å²) < 4.78 is 2.41. The van der Waals surface area contributed by atoms with E-state index >= 15 is 0 Å². The van der Waals surface area contributed by atoms with Crippen LogP contribution in [0, 0.1) is 4.64 Å². The maximum absolute atomic E-state index is 13.0. The molecule has 0 aliphatic carbocycles. The summed E-state index contributed by atoms with van der Waals surface area (Å²) in [6.45, 7) is 2.76. The second kappa shape index (κ2) is 7.76. The molecule has 0 atom stereocenters. The average Bonchev–Trinajstić information content (AvgIpc) is 2.67. The number of nitrogens with zero attached hydrogens (tertiary/aromatic N) is 2. The van der Waals surface area contributed by atoms with Crippen molar-refractivity contribution in [3.63, 3.8) is 0 Å². The molecular weight excluding hydrogens is 348 g/mol. The number of hydrogen-bond donors (Lipinski definition) is 0. The highest BCUT2D eigenvalue weighted by Crippen LogP contribution is 2.29. The van der Waals surface area contributed by atoms with Crippen LogP contribution in [0.1, 0.15) is 22.8 Å². The number of aromatic nitrogens is 2. The van der Waals surface area contributed by atoms with E-state index in [0.29, 0.717) is 22.3 Å². The Morgan fingerprint density at radius 1 is 1.08 bits per heavy atom. The highest BCUT2D eigenvalue weighted by atomic mass is 32.2. The second-order valence-corrected chi connectivity index (χ2v) is 6.61. The summed E-state index contributed by atoms with van der Waals surface area (Å²) in [7, 11) is 0. The summed E-state index contributed by atoms with van der Waals surface area (Å²) in [4.78, 5) is 17.6. The minimum absolute atomic E-state index is 0.0794. The third-order valence-corrected chi connectivity index (χ3v) is 5.05. The first kappa shape index (κ1) is 17.6. The Morgan fingerprint density at radius 3 is 2.24 bits per heavy atom. The molecule has 5 heteroatoms. The average molecular weight is 367 g/mol. The van der Waals surface area contributed by atoms with Gasteiger partial charge in [0, 0.05) is 17.7 Å². The van der Waals surface area contributed by atoms with E-state index in [0.717, 1.165) is 16.4 Å². The molecule has 126 valence electrons. The first-order valence-electron chi connectivity index (χ1n) is 8.01. The van der Waals surface area contributed by atoms with Gasteiger partial charge in [-0.25, -0.2) is 4.98 Å². The van der Waals surface area contributed by atoms with E-state index in [-0.39, 0.29) is 5.78 Å². The van der Waals surface area contributed by atoms with E-state index in [1.807, 2.05) is 73.8 Å². The zero-order valence-electron chi connectivity index (χ0n) is 14.1. The number of hydrogen-bond acceptors (Lipinski definition) is 4. The number of carbonyl (C=O) groups excluding carboxylic acids is 1. The second-order valence-electron chi connectivity index (χ2n) is 5.43. The normalized spacial score (nSPS) is 10.6. The van der Waals surface area contributed by atoms with Crippen molar-refractivity contribution in [2.75, 3.05) is 6.26 Å². The number of thioether (sulfide) groups is 1. The largest absolute Gasteiger partial charge is 0.320 e. The monoisotopic (exact) mass is 366 g/mol. The van der Waals surface area contributed by atoms with Crippen molar-refractivity contribution < 1.29 is 4.79 Å². The van der Waals surface area contributed by atoms with Gasteiger partial charge in [0.25, 0.3) is 0 Å². The van der Waals surface area contributed by atoms with Gasteiger partial charge in [-0.05, 0) is 13.2 Å². The van der Waals surface area contributed by atoms with Crippen LogP contribution in [-0.4, -0.2) is 21.6 Å². The van der Waals surface area contributed by atoms with Crippen molar-refractivity contribution in [1.29, 1.82) is 0 Å². The molecule has 3 nitrogen and oxygen atoms in total. The van der Waals surface area contributed by atoms with Crippen LogP contribution < -0.4 is 0 Å². The molecule has 0 unspecified atom stereocenters. The number of carbonyl (C=O) groups is 1. The molecule has 0 saturated heterocycles. The van der Waals surface area contributed by atoms with Gasteiger partial charge < -0.3 is 4.57 Å². The van der Waals surface area contributed by atoms with E-state index in [1.54, 1.807) is 0 Å². The molecule has 0 bridgehead atoms. The van der Waals surface area contributed by atoms with Gasteiger partial charge in [-0.1, -0.05) is 72.9 Å². The summed E-state index contributed by atoms with van der Waals surface area (Å²) in [5.74, 6) is 0.714. The quantitative estimate of drug-likeness (QED) is 0.267. The van der Waals surface area contributed by atoms with Crippen molar-refractivity contribution in [1.82, 2.24) is 9.55 Å². The summed E-state index contributed by atoms with van der Waals surface area (Å²) in [5.41, 5.74) is 2.13. The lowest BCUT2D eigenvalue weighted by Gasteiger charge is -2.18. The maximum atomic E-state index is 13.0. The minimum Gasteiger partial charge on any atom is -0.320 e. The van der Waals surface area contributed by atoms with Gasteiger partial charge >= 0.3 is 0 Å². The lowest BCUT2D eigenvalue weighted by Crippen LogP contribution is -2.15. The predicted octanol–water partition coefficient (Wildman–Crippen LogP) is 5.25. The fourth-order valence-electron chi connectivity index (χ4n) is 2.78. The van der Waals surface area contributed by atoms with E-state index in [2.05, 4.69) is 9.55 Å². The number of rotatable bonds is 5. The highest BCUT2D eigenvalue weighted by molar-refractivity contribution is 7.98. The van der Waals surface area contributed by atoms with Gasteiger partial charge in [-0.15, -0.1) is 11.8 Å². The van der Waals surface area contributed by atoms with E-state index in [4.69, 9.17) is 12.2 Å². The fourth-order valence-corrected chi connectivity index (χ4v) is 3.95. The molecule has 3 rings (SSSR count). The summed E-state index contributed by atoms with van der Waals surface area (Å²) in [5, 5.41) is 0.857. The molecule has 0 spiro atoms. The molecule has 2 aromatic carbocycles. The van der Waals surface area contributed by atoms with Crippen molar-refractivity contribution in [3.05, 3.63) is 76.4 Å². The fraction of sp³-hybridized carbons (Fsp3) is 0.150. The Kier molecular flexibility index (Phi) is 5.46. The Morgan fingerprint density at radius 2 is 1.68 bits per heavy atom. The van der Waals surface area contributed by atoms with Gasteiger partial charge in [0.15, 0.2) is 5.78 Å². The third-order valence-electron chi connectivity index (χ3n) is 3.94. The molecule has 0 amide bonds. The Labute approximate surface area is 156 Å². The highest BCUT2D eigenvalue weighted by Gasteiger charge is 2.21. The van der Waals surface area contributed by atoms with Gasteiger partial charge in [-0.2, -0.15) is 0 Å². The number of ketones is 1. The van der Waals surface area contributed by atoms with Gasteiger partial charge in [-0.3, -0.25) is 4.79 Å². The van der Waals surface area contributed by atoms with Gasteiger partial charge in [0.05, 0.1) is 10.6 Å². The Hall–Kier alpha value is -2.24. The van der Waals surface area contributed by atoms with Gasteiger partial charge in [0.1, 0.15) is 10.5 Å². The molecule has 0 aliphatic rings. The first-order chi connectivity index (χ1) is 12.2.